The Bertz CT molecular complexity index is 892. The zero-order chi connectivity index (χ0) is 15.8. The van der Waals surface area contributed by atoms with Crippen molar-refractivity contribution in [1.82, 2.24) is 20.1 Å². The van der Waals surface area contributed by atoms with Crippen LogP contribution < -0.4 is 0 Å². The molecule has 1 aliphatic rings. The zero-order valence-corrected chi connectivity index (χ0v) is 12.9. The first-order valence-electron chi connectivity index (χ1n) is 7.34. The second-order valence-corrected chi connectivity index (χ2v) is 5.99. The fraction of sp³-hybridized carbons (Fsp3) is 0.176. The number of pyridine rings is 1. The molecule has 0 spiro atoms. The summed E-state index contributed by atoms with van der Waals surface area (Å²) in [4.78, 5) is 18.8. The van der Waals surface area contributed by atoms with Gasteiger partial charge in [0.25, 0.3) is 5.91 Å². The maximum Gasteiger partial charge on any atom is 0.255 e. The summed E-state index contributed by atoms with van der Waals surface area (Å²) >= 11 is 5.78. The molecule has 114 valence electrons. The third kappa shape index (κ3) is 2.64. The van der Waals surface area contributed by atoms with Crippen molar-refractivity contribution in [3.63, 3.8) is 0 Å². The van der Waals surface area contributed by atoms with E-state index in [1.165, 1.54) is 6.20 Å². The van der Waals surface area contributed by atoms with E-state index in [2.05, 4.69) is 16.3 Å². The highest BCUT2D eigenvalue weighted by Crippen LogP contribution is 2.28. The van der Waals surface area contributed by atoms with Gasteiger partial charge in [-0.05, 0) is 18.2 Å². The van der Waals surface area contributed by atoms with Crippen LogP contribution >= 0.6 is 11.6 Å². The molecule has 1 amide bonds. The summed E-state index contributed by atoms with van der Waals surface area (Å²) in [6.07, 6.45) is 1.44. The van der Waals surface area contributed by atoms with E-state index in [1.807, 2.05) is 30.3 Å². The van der Waals surface area contributed by atoms with E-state index < -0.39 is 0 Å². The molecule has 1 saturated heterocycles. The van der Waals surface area contributed by atoms with E-state index in [4.69, 9.17) is 16.6 Å². The van der Waals surface area contributed by atoms with Crippen molar-refractivity contribution in [1.29, 1.82) is 0 Å². The maximum absolute atomic E-state index is 12.3. The number of likely N-dealkylation sites (tertiary alicyclic amines) is 1. The summed E-state index contributed by atoms with van der Waals surface area (Å²) in [5.74, 6) is 0.202. The van der Waals surface area contributed by atoms with E-state index in [0.29, 0.717) is 18.7 Å². The summed E-state index contributed by atoms with van der Waals surface area (Å²) in [6, 6.07) is 13.7. The molecule has 6 heteroatoms. The number of hydrogen-bond acceptors (Lipinski definition) is 4. The second-order valence-electron chi connectivity index (χ2n) is 5.60. The molecule has 0 bridgehead atoms. The lowest BCUT2D eigenvalue weighted by Gasteiger charge is -2.39. The predicted octanol–water partition coefficient (Wildman–Crippen LogP) is 2.92. The molecule has 0 aliphatic carbocycles. The largest absolute Gasteiger partial charge is 0.337 e. The van der Waals surface area contributed by atoms with Crippen LogP contribution in [0.25, 0.3) is 10.9 Å². The molecule has 4 rings (SSSR count). The van der Waals surface area contributed by atoms with Gasteiger partial charge in [0.2, 0.25) is 0 Å². The lowest BCUT2D eigenvalue weighted by Crippen LogP contribution is -2.48. The number of hydrogen-bond donors (Lipinski definition) is 0. The number of amides is 1. The number of para-hydroxylation sites is 1. The molecule has 1 aliphatic heterocycles. The van der Waals surface area contributed by atoms with Gasteiger partial charge in [0.05, 0.1) is 17.3 Å². The number of carbonyl (C=O) groups excluding carboxylic acids is 1. The summed E-state index contributed by atoms with van der Waals surface area (Å²) < 4.78 is 0. The van der Waals surface area contributed by atoms with Crippen molar-refractivity contribution < 1.29 is 4.79 Å². The Morgan fingerprint density at radius 3 is 2.83 bits per heavy atom. The van der Waals surface area contributed by atoms with Gasteiger partial charge in [0, 0.05) is 30.1 Å². The molecule has 1 fully saturated rings. The van der Waals surface area contributed by atoms with Crippen molar-refractivity contribution in [2.75, 3.05) is 13.1 Å². The third-order valence-electron chi connectivity index (χ3n) is 4.08. The van der Waals surface area contributed by atoms with Gasteiger partial charge < -0.3 is 4.90 Å². The van der Waals surface area contributed by atoms with Crippen LogP contribution in [0.3, 0.4) is 0 Å². The van der Waals surface area contributed by atoms with Crippen LogP contribution in [-0.2, 0) is 0 Å². The maximum atomic E-state index is 12.3. The van der Waals surface area contributed by atoms with Crippen LogP contribution in [0.1, 0.15) is 22.0 Å². The quantitative estimate of drug-likeness (QED) is 0.727. The number of halogens is 1. The molecule has 0 saturated carbocycles. The normalized spacial score (nSPS) is 14.7. The first-order valence-corrected chi connectivity index (χ1v) is 7.72. The zero-order valence-electron chi connectivity index (χ0n) is 12.2. The molecular formula is C17H13ClN4O. The average Bonchev–Trinajstić information content (AvgIpc) is 2.53. The Balaban J connectivity index is 1.49. The molecule has 0 N–H and O–H groups in total. The van der Waals surface area contributed by atoms with Gasteiger partial charge in [-0.3, -0.25) is 9.78 Å². The molecule has 5 nitrogen and oxygen atoms in total. The highest BCUT2D eigenvalue weighted by atomic mass is 35.5. The van der Waals surface area contributed by atoms with Crippen LogP contribution in [0, 0.1) is 0 Å². The smallest absolute Gasteiger partial charge is 0.255 e. The molecule has 0 atom stereocenters. The van der Waals surface area contributed by atoms with Gasteiger partial charge in [-0.2, -0.15) is 5.10 Å². The van der Waals surface area contributed by atoms with Crippen LogP contribution in [0.2, 0.25) is 5.15 Å². The minimum atomic E-state index is -0.0705. The first kappa shape index (κ1) is 14.1. The Labute approximate surface area is 137 Å². The molecule has 0 unspecified atom stereocenters. The Morgan fingerprint density at radius 2 is 2.00 bits per heavy atom. The van der Waals surface area contributed by atoms with Gasteiger partial charge in [-0.1, -0.05) is 35.9 Å². The van der Waals surface area contributed by atoms with E-state index in [9.17, 15) is 4.79 Å². The van der Waals surface area contributed by atoms with E-state index in [0.717, 1.165) is 16.6 Å². The van der Waals surface area contributed by atoms with Crippen LogP contribution in [-0.4, -0.2) is 39.1 Å². The molecular weight excluding hydrogens is 312 g/mol. The third-order valence-corrected chi connectivity index (χ3v) is 4.26. The van der Waals surface area contributed by atoms with Crippen LogP contribution in [0.5, 0.6) is 0 Å². The predicted molar refractivity (Wildman–Crippen MR) is 87.4 cm³/mol. The van der Waals surface area contributed by atoms with Crippen molar-refractivity contribution in [3.05, 3.63) is 65.1 Å². The highest BCUT2D eigenvalue weighted by molar-refractivity contribution is 6.29. The number of benzene rings is 1. The number of aromatic nitrogens is 3. The SMILES string of the molecule is O=C(c1cnnc(Cl)c1)N1CC(c2ccc3ccccc3n2)C1. The van der Waals surface area contributed by atoms with Crippen LogP contribution in [0.4, 0.5) is 0 Å². The Kier molecular flexibility index (Phi) is 3.42. The molecule has 3 heterocycles. The summed E-state index contributed by atoms with van der Waals surface area (Å²) in [7, 11) is 0. The van der Waals surface area contributed by atoms with Crippen LogP contribution in [0.15, 0.2) is 48.7 Å². The number of fused-ring (bicyclic) bond motifs is 1. The van der Waals surface area contributed by atoms with Crippen molar-refractivity contribution in [3.8, 4) is 0 Å². The first-order chi connectivity index (χ1) is 11.2. The van der Waals surface area contributed by atoms with Gasteiger partial charge in [-0.15, -0.1) is 5.10 Å². The van der Waals surface area contributed by atoms with Gasteiger partial charge in [0.15, 0.2) is 5.15 Å². The van der Waals surface area contributed by atoms with Crippen molar-refractivity contribution >= 4 is 28.4 Å². The minimum Gasteiger partial charge on any atom is -0.337 e. The summed E-state index contributed by atoms with van der Waals surface area (Å²) in [6.45, 7) is 1.31. The Hall–Kier alpha value is -2.53. The van der Waals surface area contributed by atoms with Crippen molar-refractivity contribution in [2.45, 2.75) is 5.92 Å². The minimum absolute atomic E-state index is 0.0705. The topological polar surface area (TPSA) is 59.0 Å². The second kappa shape index (κ2) is 5.59. The number of nitrogens with zero attached hydrogens (tertiary/aromatic N) is 4. The lowest BCUT2D eigenvalue weighted by molar-refractivity contribution is 0.0598. The molecule has 23 heavy (non-hydrogen) atoms. The standard InChI is InChI=1S/C17H13ClN4O/c18-16-7-12(8-19-21-16)17(23)22-9-13(10-22)15-6-5-11-3-1-2-4-14(11)20-15/h1-8,13H,9-10H2. The van der Waals surface area contributed by atoms with Gasteiger partial charge in [-0.25, -0.2) is 0 Å². The monoisotopic (exact) mass is 324 g/mol. The fourth-order valence-corrected chi connectivity index (χ4v) is 2.94. The highest BCUT2D eigenvalue weighted by Gasteiger charge is 2.33. The number of carbonyl (C=O) groups is 1. The molecule has 1 aromatic carbocycles. The summed E-state index contributed by atoms with van der Waals surface area (Å²) in [5.41, 5.74) is 2.48. The molecule has 2 aromatic heterocycles. The van der Waals surface area contributed by atoms with Gasteiger partial charge >= 0.3 is 0 Å². The molecule has 3 aromatic rings. The Morgan fingerprint density at radius 1 is 1.17 bits per heavy atom. The summed E-state index contributed by atoms with van der Waals surface area (Å²) in [5, 5.41) is 8.72. The van der Waals surface area contributed by atoms with Gasteiger partial charge in [0.1, 0.15) is 0 Å². The fourth-order valence-electron chi connectivity index (χ4n) is 2.78. The number of rotatable bonds is 2. The van der Waals surface area contributed by atoms with E-state index in [-0.39, 0.29) is 17.0 Å². The van der Waals surface area contributed by atoms with E-state index in [1.54, 1.807) is 11.0 Å². The average molecular weight is 325 g/mol. The lowest BCUT2D eigenvalue weighted by atomic mass is 9.94. The van der Waals surface area contributed by atoms with E-state index >= 15 is 0 Å². The molecule has 0 radical (unpaired) electrons. The van der Waals surface area contributed by atoms with Crippen molar-refractivity contribution in [2.24, 2.45) is 0 Å².